The quantitative estimate of drug-likeness (QED) is 0.0801. The van der Waals surface area contributed by atoms with Crippen molar-refractivity contribution in [1.29, 1.82) is 0 Å². The second-order valence-corrected chi connectivity index (χ2v) is 9.61. The van der Waals surface area contributed by atoms with Gasteiger partial charge in [-0.25, -0.2) is 4.68 Å². The van der Waals surface area contributed by atoms with Crippen molar-refractivity contribution in [3.05, 3.63) is 29.8 Å². The molecule has 2 unspecified atom stereocenters. The van der Waals surface area contributed by atoms with E-state index in [1.165, 1.54) is 45.6 Å². The normalized spacial score (nSPS) is 24.0. The van der Waals surface area contributed by atoms with Crippen molar-refractivity contribution in [3.8, 4) is 5.75 Å². The predicted octanol–water partition coefficient (Wildman–Crippen LogP) is -4.97. The third kappa shape index (κ3) is 4.88. The number of carbonyl (C=O) groups excluding carboxylic acids is 3. The number of fused-ring (bicyclic) bond motifs is 1. The number of rotatable bonds is 7. The number of aromatic hydroxyl groups is 1. The number of aryl methyl sites for hydroxylation is 1. The van der Waals surface area contributed by atoms with Gasteiger partial charge in [0.25, 0.3) is 5.91 Å². The fourth-order valence-corrected chi connectivity index (χ4v) is 6.24. The van der Waals surface area contributed by atoms with E-state index in [2.05, 4.69) is 26.0 Å². The Balaban J connectivity index is 0.00000324. The summed E-state index contributed by atoms with van der Waals surface area (Å²) in [4.78, 5) is 38.7. The molecule has 0 spiro atoms. The summed E-state index contributed by atoms with van der Waals surface area (Å²) in [5.74, 6) is -2.41. The van der Waals surface area contributed by atoms with Crippen LogP contribution in [0.5, 0.6) is 5.75 Å². The van der Waals surface area contributed by atoms with Crippen molar-refractivity contribution < 1.29 is 59.4 Å². The van der Waals surface area contributed by atoms with Gasteiger partial charge in [-0.05, 0) is 22.6 Å². The summed E-state index contributed by atoms with van der Waals surface area (Å²) in [5, 5.41) is 47.4. The molecule has 3 atom stereocenters. The molecule has 2 aromatic rings. The second-order valence-electron chi connectivity index (χ2n) is 7.56. The zero-order chi connectivity index (χ0) is 23.8. The van der Waals surface area contributed by atoms with Gasteiger partial charge in [-0.1, -0.05) is 29.1 Å². The molecule has 34 heavy (non-hydrogen) atoms. The molecule has 0 radical (unpaired) electrons. The number of phenols is 1. The number of nitrogens with zero attached hydrogens (tertiary/aromatic N) is 6. The Morgan fingerprint density at radius 2 is 2.21 bits per heavy atom. The zero-order valence-electron chi connectivity index (χ0n) is 18.1. The number of carboxylic acids is 1. The summed E-state index contributed by atoms with van der Waals surface area (Å²) in [6, 6.07) is 4.68. The largest absolute Gasteiger partial charge is 1.00 e. The number of amides is 2. The first-order valence-electron chi connectivity index (χ1n) is 9.57. The first-order valence-corrected chi connectivity index (χ1v) is 11.6. The molecule has 4 rings (SSSR count). The SMILES string of the molecule is Cn1nnnc1SCC1(C(=O)[O-])CS[C@@H]2C(NC(=O)C(=NO)c3cccc(O)c3)C(=O)N2C1.[Na+]. The fraction of sp³-hybridized carbons (Fsp3) is 0.389. The molecule has 0 aliphatic carbocycles. The second kappa shape index (κ2) is 10.5. The van der Waals surface area contributed by atoms with Crippen LogP contribution in [0.15, 0.2) is 34.6 Å². The van der Waals surface area contributed by atoms with Gasteiger partial charge < -0.3 is 30.4 Å². The van der Waals surface area contributed by atoms with Gasteiger partial charge in [-0.15, -0.1) is 16.9 Å². The van der Waals surface area contributed by atoms with Crippen LogP contribution in [0.1, 0.15) is 5.56 Å². The Morgan fingerprint density at radius 3 is 2.82 bits per heavy atom. The maximum absolute atomic E-state index is 12.7. The molecule has 174 valence electrons. The van der Waals surface area contributed by atoms with E-state index in [-0.39, 0.29) is 64.6 Å². The Labute approximate surface area is 223 Å². The fourth-order valence-electron chi connectivity index (χ4n) is 3.54. The maximum Gasteiger partial charge on any atom is 1.00 e. The minimum absolute atomic E-state index is 0. The number of thioether (sulfide) groups is 2. The van der Waals surface area contributed by atoms with E-state index < -0.39 is 34.6 Å². The molecule has 0 saturated carbocycles. The van der Waals surface area contributed by atoms with Crippen LogP contribution in [0.2, 0.25) is 0 Å². The standard InChI is InChI=1S/C18H19N7O6S2.Na/c1-24-17(20-22-23-24)33-8-18(16(29)30)6-25-14(28)12(15(25)32-7-18)19-13(27)11(21-31)9-3-2-4-10(26)5-9;/h2-5,12,15,26,31H,6-8H2,1H3,(H,19,27)(H,29,30);/q;+1/p-1/t12?,15-,18?;/m1./s1. The van der Waals surface area contributed by atoms with Gasteiger partial charge >= 0.3 is 29.6 Å². The van der Waals surface area contributed by atoms with Crippen LogP contribution >= 0.6 is 23.5 Å². The summed E-state index contributed by atoms with van der Waals surface area (Å²) >= 11 is 2.37. The summed E-state index contributed by atoms with van der Waals surface area (Å²) in [7, 11) is 1.63. The average molecular weight is 516 g/mol. The van der Waals surface area contributed by atoms with E-state index in [0.29, 0.717) is 5.16 Å². The van der Waals surface area contributed by atoms with E-state index >= 15 is 0 Å². The average Bonchev–Trinajstić information content (AvgIpc) is 3.21. The molecule has 2 fully saturated rings. The topological polar surface area (TPSA) is 186 Å². The number of carboxylic acid groups (broad SMARTS) is 1. The molecular weight excluding hydrogens is 497 g/mol. The number of carbonyl (C=O) groups is 3. The molecule has 13 nitrogen and oxygen atoms in total. The summed E-state index contributed by atoms with van der Waals surface area (Å²) in [6.07, 6.45) is 0. The number of hydrogen-bond donors (Lipinski definition) is 3. The van der Waals surface area contributed by atoms with Crippen LogP contribution in [0.25, 0.3) is 0 Å². The van der Waals surface area contributed by atoms with Crippen molar-refractivity contribution in [3.63, 3.8) is 0 Å². The van der Waals surface area contributed by atoms with E-state index in [0.717, 1.165) is 11.8 Å². The summed E-state index contributed by atoms with van der Waals surface area (Å²) in [6.45, 7) is -0.0794. The van der Waals surface area contributed by atoms with Crippen molar-refractivity contribution in [1.82, 2.24) is 30.4 Å². The Hall–Kier alpha value is -2.33. The monoisotopic (exact) mass is 515 g/mol. The van der Waals surface area contributed by atoms with Crippen LogP contribution in [0.4, 0.5) is 0 Å². The van der Waals surface area contributed by atoms with Gasteiger partial charge in [0.05, 0.1) is 5.97 Å². The minimum Gasteiger partial charge on any atom is -0.549 e. The van der Waals surface area contributed by atoms with Gasteiger partial charge in [0.15, 0.2) is 5.71 Å². The first kappa shape index (κ1) is 26.3. The number of aliphatic carboxylic acids is 1. The molecule has 2 aliphatic rings. The van der Waals surface area contributed by atoms with Gasteiger partial charge in [-0.2, -0.15) is 0 Å². The smallest absolute Gasteiger partial charge is 0.549 e. The zero-order valence-corrected chi connectivity index (χ0v) is 21.7. The molecule has 3 N–H and O–H groups in total. The van der Waals surface area contributed by atoms with Crippen molar-refractivity contribution >= 4 is 47.0 Å². The summed E-state index contributed by atoms with van der Waals surface area (Å²) < 4.78 is 1.42. The van der Waals surface area contributed by atoms with Gasteiger partial charge in [0.2, 0.25) is 11.1 Å². The molecule has 0 bridgehead atoms. The molecule has 2 amide bonds. The molecule has 2 aliphatic heterocycles. The maximum atomic E-state index is 12.7. The van der Waals surface area contributed by atoms with Gasteiger partial charge in [-0.3, -0.25) is 9.59 Å². The minimum atomic E-state index is -1.32. The number of aromatic nitrogens is 4. The molecule has 16 heteroatoms. The molecule has 2 saturated heterocycles. The number of oxime groups is 1. The van der Waals surface area contributed by atoms with E-state index in [1.54, 1.807) is 7.05 Å². The van der Waals surface area contributed by atoms with Crippen LogP contribution in [-0.2, 0) is 21.4 Å². The molecule has 1 aromatic heterocycles. The first-order chi connectivity index (χ1) is 15.8. The van der Waals surface area contributed by atoms with E-state index in [9.17, 15) is 29.8 Å². The Bertz CT molecular complexity index is 1150. The number of β-lactam (4-membered cyclic amide) rings is 1. The van der Waals surface area contributed by atoms with E-state index in [4.69, 9.17) is 0 Å². The molecule has 1 aromatic carbocycles. The van der Waals surface area contributed by atoms with E-state index in [1.807, 2.05) is 0 Å². The van der Waals surface area contributed by atoms with Crippen molar-refractivity contribution in [2.45, 2.75) is 16.6 Å². The third-order valence-corrected chi connectivity index (χ3v) is 8.25. The number of benzene rings is 1. The third-order valence-electron chi connectivity index (χ3n) is 5.36. The van der Waals surface area contributed by atoms with Gasteiger partial charge in [0, 0.05) is 36.1 Å². The van der Waals surface area contributed by atoms with Crippen LogP contribution in [0.3, 0.4) is 0 Å². The number of phenolic OH excluding ortho intramolecular Hbond substituents is 1. The van der Waals surface area contributed by atoms with Crippen molar-refractivity contribution in [2.75, 3.05) is 18.1 Å². The van der Waals surface area contributed by atoms with Crippen LogP contribution in [0, 0.1) is 5.41 Å². The number of nitrogens with one attached hydrogen (secondary N) is 1. The Kier molecular flexibility index (Phi) is 8.13. The van der Waals surface area contributed by atoms with Gasteiger partial charge in [0.1, 0.15) is 17.2 Å². The van der Waals surface area contributed by atoms with Crippen LogP contribution in [-0.4, -0.2) is 88.4 Å². The molecule has 3 heterocycles. The number of tetrazole rings is 1. The van der Waals surface area contributed by atoms with Crippen LogP contribution < -0.4 is 40.0 Å². The summed E-state index contributed by atoms with van der Waals surface area (Å²) in [5.41, 5.74) is -1.52. The van der Waals surface area contributed by atoms with Crippen molar-refractivity contribution in [2.24, 2.45) is 17.6 Å². The Morgan fingerprint density at radius 1 is 1.44 bits per heavy atom. The predicted molar refractivity (Wildman–Crippen MR) is 113 cm³/mol. The number of hydrogen-bond acceptors (Lipinski definition) is 12. The molecular formula is C18H18N7NaO6S2.